The molecule has 0 aliphatic carbocycles. The first-order valence-electron chi connectivity index (χ1n) is 9.70. The standard InChI is InChI=1S/C22H17BrCl2FN5O2/c1-13-9-21(29-31(13)11-15-16(24)3-2-4-18(15)26)27-22(32)19-7-8-30(28-19)12-33-20-6-5-14(23)10-17(20)25/h2-10H,11-12H2,1H3,(H,27,29,32). The third-order valence-corrected chi connectivity index (χ3v) is 5.85. The topological polar surface area (TPSA) is 74.0 Å². The molecule has 11 heteroatoms. The summed E-state index contributed by atoms with van der Waals surface area (Å²) in [6.45, 7) is 2.01. The summed E-state index contributed by atoms with van der Waals surface area (Å²) in [6.07, 6.45) is 1.62. The number of hydrogen-bond donors (Lipinski definition) is 1. The van der Waals surface area contributed by atoms with Crippen LogP contribution in [-0.4, -0.2) is 25.5 Å². The van der Waals surface area contributed by atoms with Crippen molar-refractivity contribution in [1.29, 1.82) is 0 Å². The Labute approximate surface area is 207 Å². The van der Waals surface area contributed by atoms with Gasteiger partial charge in [0.1, 0.15) is 11.6 Å². The van der Waals surface area contributed by atoms with E-state index < -0.39 is 11.7 Å². The van der Waals surface area contributed by atoms with E-state index in [1.165, 1.54) is 10.7 Å². The van der Waals surface area contributed by atoms with Crippen molar-refractivity contribution < 1.29 is 13.9 Å². The highest BCUT2D eigenvalue weighted by molar-refractivity contribution is 9.10. The molecule has 0 atom stereocenters. The molecule has 2 aromatic heterocycles. The van der Waals surface area contributed by atoms with Gasteiger partial charge in [-0.1, -0.05) is 45.2 Å². The van der Waals surface area contributed by atoms with Gasteiger partial charge >= 0.3 is 0 Å². The van der Waals surface area contributed by atoms with Gasteiger partial charge in [-0.25, -0.2) is 9.07 Å². The molecule has 0 aliphatic rings. The Morgan fingerprint density at radius 1 is 1.15 bits per heavy atom. The average molecular weight is 553 g/mol. The first-order chi connectivity index (χ1) is 15.8. The zero-order valence-corrected chi connectivity index (χ0v) is 20.3. The summed E-state index contributed by atoms with van der Waals surface area (Å²) in [5.41, 5.74) is 1.24. The van der Waals surface area contributed by atoms with Gasteiger partial charge in [0.15, 0.2) is 18.2 Å². The van der Waals surface area contributed by atoms with Crippen molar-refractivity contribution in [2.45, 2.75) is 20.2 Å². The number of carbonyl (C=O) groups is 1. The van der Waals surface area contributed by atoms with Crippen LogP contribution in [0.2, 0.25) is 10.0 Å². The molecule has 170 valence electrons. The van der Waals surface area contributed by atoms with Crippen molar-refractivity contribution in [2.24, 2.45) is 0 Å². The van der Waals surface area contributed by atoms with Crippen molar-refractivity contribution in [3.63, 3.8) is 0 Å². The summed E-state index contributed by atoms with van der Waals surface area (Å²) in [5, 5.41) is 12.0. The van der Waals surface area contributed by atoms with Gasteiger partial charge in [-0.3, -0.25) is 9.48 Å². The predicted octanol–water partition coefficient (Wildman–Crippen LogP) is 5.93. The monoisotopic (exact) mass is 551 g/mol. The Morgan fingerprint density at radius 2 is 1.97 bits per heavy atom. The number of anilines is 1. The number of rotatable bonds is 7. The number of hydrogen-bond acceptors (Lipinski definition) is 4. The Bertz CT molecular complexity index is 1300. The number of benzene rings is 2. The number of halogens is 4. The minimum atomic E-state index is -0.441. The second-order valence-corrected chi connectivity index (χ2v) is 8.80. The molecular weight excluding hydrogens is 536 g/mol. The van der Waals surface area contributed by atoms with E-state index >= 15 is 0 Å². The molecule has 33 heavy (non-hydrogen) atoms. The molecule has 0 aliphatic heterocycles. The highest BCUT2D eigenvalue weighted by Crippen LogP contribution is 2.28. The predicted molar refractivity (Wildman–Crippen MR) is 127 cm³/mol. The number of nitrogens with zero attached hydrogens (tertiary/aromatic N) is 4. The van der Waals surface area contributed by atoms with Crippen LogP contribution in [0, 0.1) is 12.7 Å². The summed E-state index contributed by atoms with van der Waals surface area (Å²) < 4.78 is 23.6. The molecule has 0 fully saturated rings. The minimum Gasteiger partial charge on any atom is -0.470 e. The lowest BCUT2D eigenvalue weighted by Crippen LogP contribution is -2.15. The lowest BCUT2D eigenvalue weighted by Gasteiger charge is -2.08. The zero-order chi connectivity index (χ0) is 23.5. The third kappa shape index (κ3) is 5.55. The number of nitrogens with one attached hydrogen (secondary N) is 1. The van der Waals surface area contributed by atoms with Gasteiger partial charge in [0.25, 0.3) is 5.91 Å². The minimum absolute atomic E-state index is 0.0752. The summed E-state index contributed by atoms with van der Waals surface area (Å²) >= 11 is 15.6. The van der Waals surface area contributed by atoms with E-state index in [-0.39, 0.29) is 19.0 Å². The normalized spacial score (nSPS) is 10.9. The van der Waals surface area contributed by atoms with E-state index in [0.29, 0.717) is 27.2 Å². The molecule has 0 saturated heterocycles. The van der Waals surface area contributed by atoms with Gasteiger partial charge in [0.05, 0.1) is 11.6 Å². The van der Waals surface area contributed by atoms with Crippen LogP contribution in [-0.2, 0) is 13.3 Å². The smallest absolute Gasteiger partial charge is 0.277 e. The van der Waals surface area contributed by atoms with Crippen LogP contribution in [0.3, 0.4) is 0 Å². The maximum Gasteiger partial charge on any atom is 0.277 e. The van der Waals surface area contributed by atoms with Gasteiger partial charge in [0, 0.05) is 33.0 Å². The highest BCUT2D eigenvalue weighted by atomic mass is 79.9. The van der Waals surface area contributed by atoms with Crippen molar-refractivity contribution >= 4 is 50.9 Å². The van der Waals surface area contributed by atoms with Crippen LogP contribution in [0.25, 0.3) is 0 Å². The summed E-state index contributed by atoms with van der Waals surface area (Å²) in [4.78, 5) is 12.6. The molecule has 2 heterocycles. The van der Waals surface area contributed by atoms with Crippen molar-refractivity contribution in [3.05, 3.63) is 92.0 Å². The maximum absolute atomic E-state index is 14.1. The lowest BCUT2D eigenvalue weighted by molar-refractivity contribution is 0.101. The molecule has 4 rings (SSSR count). The second-order valence-electron chi connectivity index (χ2n) is 7.07. The van der Waals surface area contributed by atoms with Crippen LogP contribution >= 0.6 is 39.1 Å². The molecule has 1 N–H and O–H groups in total. The van der Waals surface area contributed by atoms with Gasteiger partial charge in [0.2, 0.25) is 0 Å². The Kier molecular flexibility index (Phi) is 7.02. The van der Waals surface area contributed by atoms with Crippen LogP contribution < -0.4 is 10.1 Å². The summed E-state index contributed by atoms with van der Waals surface area (Å²) in [6, 6.07) is 13.0. The summed E-state index contributed by atoms with van der Waals surface area (Å²) in [5.74, 6) is -0.0427. The molecule has 0 saturated carbocycles. The van der Waals surface area contributed by atoms with Crippen LogP contribution in [0.1, 0.15) is 21.7 Å². The molecule has 1 amide bonds. The van der Waals surface area contributed by atoms with E-state index in [4.69, 9.17) is 27.9 Å². The van der Waals surface area contributed by atoms with Gasteiger partial charge < -0.3 is 10.1 Å². The van der Waals surface area contributed by atoms with Crippen LogP contribution in [0.4, 0.5) is 10.2 Å². The molecule has 0 spiro atoms. The number of amides is 1. The lowest BCUT2D eigenvalue weighted by atomic mass is 10.2. The SMILES string of the molecule is Cc1cc(NC(=O)c2ccn(COc3ccc(Br)cc3Cl)n2)nn1Cc1c(F)cccc1Cl. The average Bonchev–Trinajstić information content (AvgIpc) is 3.37. The largest absolute Gasteiger partial charge is 0.470 e. The van der Waals surface area contributed by atoms with E-state index in [0.717, 1.165) is 10.2 Å². The van der Waals surface area contributed by atoms with Crippen molar-refractivity contribution in [1.82, 2.24) is 19.6 Å². The first-order valence-corrected chi connectivity index (χ1v) is 11.2. The van der Waals surface area contributed by atoms with Crippen LogP contribution in [0.15, 0.2) is 59.2 Å². The fourth-order valence-corrected chi connectivity index (χ4v) is 3.98. The number of aromatic nitrogens is 4. The molecular formula is C22H17BrCl2FN5O2. The fourth-order valence-electron chi connectivity index (χ4n) is 3.03. The molecule has 2 aromatic carbocycles. The van der Waals surface area contributed by atoms with Gasteiger partial charge in [-0.05, 0) is 43.3 Å². The third-order valence-electron chi connectivity index (χ3n) is 4.71. The first kappa shape index (κ1) is 23.3. The highest BCUT2D eigenvalue weighted by Gasteiger charge is 2.15. The Morgan fingerprint density at radius 3 is 2.73 bits per heavy atom. The maximum atomic E-state index is 14.1. The zero-order valence-electron chi connectivity index (χ0n) is 17.2. The molecule has 7 nitrogen and oxygen atoms in total. The number of ether oxygens (including phenoxy) is 1. The summed E-state index contributed by atoms with van der Waals surface area (Å²) in [7, 11) is 0. The number of carbonyl (C=O) groups excluding carboxylic acids is 1. The quantitative estimate of drug-likeness (QED) is 0.308. The van der Waals surface area contributed by atoms with E-state index in [9.17, 15) is 9.18 Å². The van der Waals surface area contributed by atoms with Crippen molar-refractivity contribution in [3.8, 4) is 5.75 Å². The van der Waals surface area contributed by atoms with Gasteiger partial charge in [-0.15, -0.1) is 0 Å². The van der Waals surface area contributed by atoms with E-state index in [2.05, 4.69) is 31.4 Å². The Hall–Kier alpha value is -2.88. The Balaban J connectivity index is 1.40. The van der Waals surface area contributed by atoms with E-state index in [1.54, 1.807) is 54.2 Å². The molecule has 4 aromatic rings. The van der Waals surface area contributed by atoms with Crippen LogP contribution in [0.5, 0.6) is 5.75 Å². The van der Waals surface area contributed by atoms with E-state index in [1.807, 2.05) is 6.07 Å². The van der Waals surface area contributed by atoms with Gasteiger partial charge in [-0.2, -0.15) is 10.2 Å². The molecule has 0 bridgehead atoms. The fraction of sp³-hybridized carbons (Fsp3) is 0.136. The number of aryl methyl sites for hydroxylation is 1. The molecule has 0 radical (unpaired) electrons. The molecule has 0 unspecified atom stereocenters. The van der Waals surface area contributed by atoms with Crippen molar-refractivity contribution in [2.75, 3.05) is 5.32 Å². The second kappa shape index (κ2) is 9.94.